The van der Waals surface area contributed by atoms with E-state index in [2.05, 4.69) is 31.2 Å². The highest BCUT2D eigenvalue weighted by Crippen LogP contribution is 2.30. The van der Waals surface area contributed by atoms with Gasteiger partial charge in [0.2, 0.25) is 5.91 Å². The standard InChI is InChI=1S/C32H35F2N7O4/c1-43-20-31(42)41-9-7-29(26(34)17-41)45-28-5-2-21(14-22(28)16-35)32-36-8-6-30(38-32)37-23-3-4-27(25(33)15-23)40-12-10-39(11-13-40)24-18-44-19-24/h2-6,8,14-15,24,26,29H,7,9-13,17-20H2,1H3,(H,36,37,38)/t26-,29+/m1/s1. The number of likely N-dealkylation sites (tertiary alicyclic amines) is 1. The number of halogens is 2. The van der Waals surface area contributed by atoms with E-state index in [9.17, 15) is 14.4 Å². The average molecular weight is 620 g/mol. The van der Waals surface area contributed by atoms with Gasteiger partial charge in [0.25, 0.3) is 0 Å². The number of alkyl halides is 1. The molecule has 0 spiro atoms. The molecule has 0 aliphatic carbocycles. The number of nitrogens with zero attached hydrogens (tertiary/aromatic N) is 6. The van der Waals surface area contributed by atoms with E-state index < -0.39 is 12.3 Å². The number of anilines is 3. The average Bonchev–Trinajstić information content (AvgIpc) is 3.02. The number of benzene rings is 2. The van der Waals surface area contributed by atoms with E-state index >= 15 is 4.39 Å². The molecule has 2 atom stereocenters. The van der Waals surface area contributed by atoms with Crippen molar-refractivity contribution in [1.82, 2.24) is 19.8 Å². The topological polar surface area (TPSA) is 116 Å². The number of nitriles is 1. The molecule has 1 amide bonds. The van der Waals surface area contributed by atoms with Gasteiger partial charge >= 0.3 is 0 Å². The molecule has 2 aromatic carbocycles. The van der Waals surface area contributed by atoms with E-state index in [-0.39, 0.29) is 42.6 Å². The number of nitrogens with one attached hydrogen (secondary N) is 1. The Morgan fingerprint density at radius 1 is 1.13 bits per heavy atom. The lowest BCUT2D eigenvalue weighted by molar-refractivity contribution is -0.139. The Morgan fingerprint density at radius 3 is 2.64 bits per heavy atom. The Bertz CT molecular complexity index is 1560. The van der Waals surface area contributed by atoms with Crippen LogP contribution < -0.4 is 15.0 Å². The van der Waals surface area contributed by atoms with Gasteiger partial charge in [0.15, 0.2) is 12.0 Å². The first kappa shape index (κ1) is 30.6. The number of amides is 1. The highest BCUT2D eigenvalue weighted by Gasteiger charge is 2.33. The number of aromatic nitrogens is 2. The highest BCUT2D eigenvalue weighted by molar-refractivity contribution is 5.77. The largest absolute Gasteiger partial charge is 0.486 e. The molecule has 6 rings (SSSR count). The van der Waals surface area contributed by atoms with Crippen LogP contribution in [0.3, 0.4) is 0 Å². The molecular weight excluding hydrogens is 584 g/mol. The molecule has 4 heterocycles. The molecule has 0 saturated carbocycles. The van der Waals surface area contributed by atoms with Crippen molar-refractivity contribution in [3.05, 3.63) is 60.0 Å². The van der Waals surface area contributed by atoms with E-state index in [0.29, 0.717) is 41.2 Å². The molecule has 1 aromatic heterocycles. The van der Waals surface area contributed by atoms with Gasteiger partial charge in [0.05, 0.1) is 37.1 Å². The molecule has 3 aromatic rings. The molecule has 0 bridgehead atoms. The van der Waals surface area contributed by atoms with E-state index in [1.165, 1.54) is 18.1 Å². The molecule has 3 aliphatic heterocycles. The number of ether oxygens (including phenoxy) is 3. The van der Waals surface area contributed by atoms with Crippen LogP contribution in [-0.2, 0) is 14.3 Å². The quantitative estimate of drug-likeness (QED) is 0.382. The third kappa shape index (κ3) is 6.98. The lowest BCUT2D eigenvalue weighted by atomic mass is 10.0. The summed E-state index contributed by atoms with van der Waals surface area (Å²) in [7, 11) is 1.42. The second kappa shape index (κ2) is 13.7. The fourth-order valence-corrected chi connectivity index (χ4v) is 5.80. The number of piperazine rings is 1. The summed E-state index contributed by atoms with van der Waals surface area (Å²) in [5.41, 5.74) is 1.89. The number of piperidine rings is 1. The minimum atomic E-state index is -1.41. The Kier molecular flexibility index (Phi) is 9.34. The summed E-state index contributed by atoms with van der Waals surface area (Å²) >= 11 is 0. The van der Waals surface area contributed by atoms with Gasteiger partial charge in [0.1, 0.15) is 36.2 Å². The summed E-state index contributed by atoms with van der Waals surface area (Å²) in [5, 5.41) is 13.0. The van der Waals surface area contributed by atoms with Crippen molar-refractivity contribution in [2.45, 2.75) is 24.7 Å². The number of carbonyl (C=O) groups is 1. The van der Waals surface area contributed by atoms with Crippen LogP contribution in [0.2, 0.25) is 0 Å². The van der Waals surface area contributed by atoms with Gasteiger partial charge in [-0.3, -0.25) is 9.69 Å². The van der Waals surface area contributed by atoms with Gasteiger partial charge in [-0.15, -0.1) is 0 Å². The first-order valence-corrected chi connectivity index (χ1v) is 15.0. The van der Waals surface area contributed by atoms with Gasteiger partial charge in [-0.25, -0.2) is 18.7 Å². The van der Waals surface area contributed by atoms with E-state index in [1.54, 1.807) is 36.5 Å². The lowest BCUT2D eigenvalue weighted by Gasteiger charge is -2.43. The Hall–Kier alpha value is -4.38. The van der Waals surface area contributed by atoms with Gasteiger partial charge in [-0.2, -0.15) is 5.26 Å². The summed E-state index contributed by atoms with van der Waals surface area (Å²) in [6, 6.07) is 14.2. The van der Waals surface area contributed by atoms with Gasteiger partial charge < -0.3 is 29.3 Å². The molecule has 3 saturated heterocycles. The van der Waals surface area contributed by atoms with Crippen molar-refractivity contribution < 1.29 is 27.8 Å². The Morgan fingerprint density at radius 2 is 1.96 bits per heavy atom. The summed E-state index contributed by atoms with van der Waals surface area (Å²) in [4.78, 5) is 26.8. The van der Waals surface area contributed by atoms with E-state index in [4.69, 9.17) is 14.2 Å². The minimum absolute atomic E-state index is 0.0966. The second-order valence-electron chi connectivity index (χ2n) is 11.3. The zero-order valence-corrected chi connectivity index (χ0v) is 25.0. The minimum Gasteiger partial charge on any atom is -0.486 e. The third-order valence-corrected chi connectivity index (χ3v) is 8.41. The monoisotopic (exact) mass is 619 g/mol. The van der Waals surface area contributed by atoms with Crippen LogP contribution in [-0.4, -0.2) is 110 Å². The predicted molar refractivity (Wildman–Crippen MR) is 163 cm³/mol. The van der Waals surface area contributed by atoms with Crippen LogP contribution in [0.25, 0.3) is 11.4 Å². The van der Waals surface area contributed by atoms with Gasteiger partial charge in [-0.05, 0) is 42.5 Å². The van der Waals surface area contributed by atoms with Crippen LogP contribution >= 0.6 is 0 Å². The fraction of sp³-hybridized carbons (Fsp3) is 0.438. The molecule has 0 radical (unpaired) electrons. The molecule has 236 valence electrons. The van der Waals surface area contributed by atoms with Crippen molar-refractivity contribution in [2.24, 2.45) is 0 Å². The van der Waals surface area contributed by atoms with Crippen molar-refractivity contribution in [3.8, 4) is 23.2 Å². The van der Waals surface area contributed by atoms with Crippen molar-refractivity contribution in [2.75, 3.05) is 76.4 Å². The molecule has 3 aliphatic rings. The van der Waals surface area contributed by atoms with Crippen LogP contribution in [0.4, 0.5) is 26.0 Å². The van der Waals surface area contributed by atoms with E-state index in [0.717, 1.165) is 39.4 Å². The van der Waals surface area contributed by atoms with Gasteiger partial charge in [-0.1, -0.05) is 0 Å². The number of carbonyl (C=O) groups excluding carboxylic acids is 1. The van der Waals surface area contributed by atoms with Crippen molar-refractivity contribution in [3.63, 3.8) is 0 Å². The predicted octanol–water partition coefficient (Wildman–Crippen LogP) is 3.38. The SMILES string of the molecule is COCC(=O)N1CC[C@H](Oc2ccc(-c3nccc(Nc4ccc(N5CCN(C6COC6)CC5)c(F)c4)n3)cc2C#N)[C@H](F)C1. The summed E-state index contributed by atoms with van der Waals surface area (Å²) in [6.45, 7) is 4.97. The number of hydrogen-bond acceptors (Lipinski definition) is 10. The fourth-order valence-electron chi connectivity index (χ4n) is 5.80. The smallest absolute Gasteiger partial charge is 0.248 e. The number of rotatable bonds is 9. The maximum atomic E-state index is 15.2. The molecule has 1 N–H and O–H groups in total. The summed E-state index contributed by atoms with van der Waals surface area (Å²) in [5.74, 6) is 0.463. The Labute approximate surface area is 260 Å². The molecule has 3 fully saturated rings. The molecular formula is C32H35F2N7O4. The Balaban J connectivity index is 1.09. The summed E-state index contributed by atoms with van der Waals surface area (Å²) in [6.07, 6.45) is -0.343. The van der Waals surface area contributed by atoms with E-state index in [1.807, 2.05) is 6.07 Å². The van der Waals surface area contributed by atoms with Crippen molar-refractivity contribution >= 4 is 23.1 Å². The van der Waals surface area contributed by atoms with Crippen LogP contribution in [0.15, 0.2) is 48.7 Å². The van der Waals surface area contributed by atoms with Crippen LogP contribution in [0, 0.1) is 17.1 Å². The third-order valence-electron chi connectivity index (χ3n) is 8.41. The molecule has 13 heteroatoms. The molecule has 11 nitrogen and oxygen atoms in total. The highest BCUT2D eigenvalue weighted by atomic mass is 19.1. The normalized spacial score (nSPS) is 20.8. The first-order chi connectivity index (χ1) is 21.9. The zero-order chi connectivity index (χ0) is 31.3. The maximum absolute atomic E-state index is 15.2. The molecule has 45 heavy (non-hydrogen) atoms. The molecule has 0 unspecified atom stereocenters. The van der Waals surface area contributed by atoms with Crippen LogP contribution in [0.5, 0.6) is 5.75 Å². The number of methoxy groups -OCH3 is 1. The lowest BCUT2D eigenvalue weighted by Crippen LogP contribution is -2.56. The van der Waals surface area contributed by atoms with Gasteiger partial charge in [0, 0.05) is 63.7 Å². The first-order valence-electron chi connectivity index (χ1n) is 15.0. The zero-order valence-electron chi connectivity index (χ0n) is 25.0. The number of hydrogen-bond donors (Lipinski definition) is 1. The maximum Gasteiger partial charge on any atom is 0.248 e. The van der Waals surface area contributed by atoms with Crippen molar-refractivity contribution in [1.29, 1.82) is 5.26 Å². The summed E-state index contributed by atoms with van der Waals surface area (Å²) < 4.78 is 46.1. The second-order valence-corrected chi connectivity index (χ2v) is 11.3. The van der Waals surface area contributed by atoms with Crippen LogP contribution in [0.1, 0.15) is 12.0 Å².